The summed E-state index contributed by atoms with van der Waals surface area (Å²) in [4.78, 5) is 0. The molecule has 3 unspecified atom stereocenters. The average molecular weight is 863 g/mol. The fourth-order valence-electron chi connectivity index (χ4n) is 7.35. The van der Waals surface area contributed by atoms with Crippen molar-refractivity contribution in [2.24, 2.45) is 5.92 Å². The number of unbranched alkanes of at least 4 members (excludes halogenated alkanes) is 18. The summed E-state index contributed by atoms with van der Waals surface area (Å²) in [6, 6.07) is 16.5. The lowest BCUT2D eigenvalue weighted by Gasteiger charge is -2.37. The molecule has 2 N–H and O–H groups in total. The van der Waals surface area contributed by atoms with Crippen LogP contribution in [0.15, 0.2) is 72.8 Å². The van der Waals surface area contributed by atoms with E-state index in [4.69, 9.17) is 18.9 Å². The Balaban J connectivity index is 1.59. The molecule has 2 aromatic carbocycles. The summed E-state index contributed by atoms with van der Waals surface area (Å²) in [6.45, 7) is 15.3. The smallest absolute Gasteiger partial charge is 0.119 e. The number of benzene rings is 2. The Morgan fingerprint density at radius 3 is 1.35 bits per heavy atom. The van der Waals surface area contributed by atoms with Gasteiger partial charge in [-0.15, -0.1) is 0 Å². The van der Waals surface area contributed by atoms with Gasteiger partial charge in [0.2, 0.25) is 0 Å². The summed E-state index contributed by atoms with van der Waals surface area (Å²) in [5.74, 6) is 1.57. The van der Waals surface area contributed by atoms with Gasteiger partial charge >= 0.3 is 0 Å². The minimum Gasteiger partial charge on any atom is -0.491 e. The van der Waals surface area contributed by atoms with Crippen LogP contribution in [0.25, 0.3) is 0 Å². The molecular weight excluding hydrogens is 769 g/mol. The molecule has 0 aliphatic heterocycles. The van der Waals surface area contributed by atoms with E-state index >= 15 is 0 Å². The first-order chi connectivity index (χ1) is 30.0. The average Bonchev–Trinajstić information content (AvgIpc) is 3.26. The van der Waals surface area contributed by atoms with Crippen molar-refractivity contribution in [3.8, 4) is 11.5 Å². The van der Waals surface area contributed by atoms with Gasteiger partial charge in [-0.2, -0.15) is 0 Å². The minimum atomic E-state index is -0.819. The molecule has 0 aliphatic carbocycles. The van der Waals surface area contributed by atoms with Gasteiger partial charge in [0.25, 0.3) is 0 Å². The quantitative estimate of drug-likeness (QED) is 0.0513. The molecule has 0 radical (unpaired) electrons. The molecule has 0 amide bonds. The fourth-order valence-corrected chi connectivity index (χ4v) is 7.35. The zero-order chi connectivity index (χ0) is 45.2. The highest BCUT2D eigenvalue weighted by Gasteiger charge is 2.34. The molecule has 0 aromatic heterocycles. The molecular formula is C56H94O6. The third-order valence-corrected chi connectivity index (χ3v) is 12.4. The van der Waals surface area contributed by atoms with E-state index in [9.17, 15) is 10.2 Å². The second kappa shape index (κ2) is 34.7. The first-order valence-electron chi connectivity index (χ1n) is 25.3. The zero-order valence-corrected chi connectivity index (χ0v) is 41.0. The SMILES string of the molecule is CCCC/C=C/CCCCCCCCCc1cccc(OCC(O)COC(C)(C)C(C)COC(C)(C)C(O)COc2cccc(CCCCCCCCC/C=C/CCCC)c2)c1. The Hall–Kier alpha value is -2.64. The van der Waals surface area contributed by atoms with Crippen molar-refractivity contribution < 1.29 is 29.2 Å². The summed E-state index contributed by atoms with van der Waals surface area (Å²) in [7, 11) is 0. The monoisotopic (exact) mass is 863 g/mol. The molecule has 2 rings (SSSR count). The van der Waals surface area contributed by atoms with E-state index in [-0.39, 0.29) is 25.7 Å². The summed E-state index contributed by atoms with van der Waals surface area (Å²) in [5.41, 5.74) is 1.18. The molecule has 6 nitrogen and oxygen atoms in total. The van der Waals surface area contributed by atoms with Gasteiger partial charge in [-0.05, 0) is 127 Å². The highest BCUT2D eigenvalue weighted by atomic mass is 16.5. The largest absolute Gasteiger partial charge is 0.491 e. The van der Waals surface area contributed by atoms with Gasteiger partial charge in [0.1, 0.15) is 36.9 Å². The highest BCUT2D eigenvalue weighted by molar-refractivity contribution is 5.29. The van der Waals surface area contributed by atoms with Crippen molar-refractivity contribution in [3.63, 3.8) is 0 Å². The molecule has 2 aromatic rings. The molecule has 354 valence electrons. The van der Waals surface area contributed by atoms with Crippen LogP contribution < -0.4 is 9.47 Å². The highest BCUT2D eigenvalue weighted by Crippen LogP contribution is 2.26. The van der Waals surface area contributed by atoms with Crippen molar-refractivity contribution in [3.05, 3.63) is 84.0 Å². The van der Waals surface area contributed by atoms with Gasteiger partial charge < -0.3 is 29.2 Å². The lowest BCUT2D eigenvalue weighted by molar-refractivity contribution is -0.152. The summed E-state index contributed by atoms with van der Waals surface area (Å²) in [5, 5.41) is 21.9. The van der Waals surface area contributed by atoms with E-state index in [1.807, 2.05) is 52.0 Å². The number of aryl methyl sites for hydroxylation is 2. The minimum absolute atomic E-state index is 0.00133. The van der Waals surface area contributed by atoms with Crippen LogP contribution in [0.3, 0.4) is 0 Å². The third-order valence-electron chi connectivity index (χ3n) is 12.4. The number of ether oxygens (including phenoxy) is 4. The fraction of sp³-hybridized carbons (Fsp3) is 0.714. The van der Waals surface area contributed by atoms with Gasteiger partial charge in [-0.3, -0.25) is 0 Å². The molecule has 0 saturated heterocycles. The number of hydrogen-bond donors (Lipinski definition) is 2. The van der Waals surface area contributed by atoms with Crippen molar-refractivity contribution in [1.82, 2.24) is 0 Å². The van der Waals surface area contributed by atoms with Gasteiger partial charge in [-0.1, -0.05) is 159 Å². The summed E-state index contributed by atoms with van der Waals surface area (Å²) in [6.07, 6.45) is 38.2. The first kappa shape index (κ1) is 55.5. The van der Waals surface area contributed by atoms with Gasteiger partial charge in [0.05, 0.1) is 24.4 Å². The van der Waals surface area contributed by atoms with Crippen LogP contribution in [0.1, 0.15) is 201 Å². The molecule has 0 spiro atoms. The van der Waals surface area contributed by atoms with E-state index in [1.54, 1.807) is 0 Å². The Morgan fingerprint density at radius 1 is 0.484 bits per heavy atom. The van der Waals surface area contributed by atoms with Crippen LogP contribution in [0.4, 0.5) is 0 Å². The number of allylic oxidation sites excluding steroid dienone is 4. The predicted octanol–water partition coefficient (Wildman–Crippen LogP) is 14.9. The third kappa shape index (κ3) is 27.5. The lowest BCUT2D eigenvalue weighted by Crippen LogP contribution is -2.46. The van der Waals surface area contributed by atoms with E-state index in [1.165, 1.54) is 152 Å². The second-order valence-electron chi connectivity index (χ2n) is 19.1. The topological polar surface area (TPSA) is 77.4 Å². The van der Waals surface area contributed by atoms with Crippen LogP contribution in [0, 0.1) is 5.92 Å². The first-order valence-corrected chi connectivity index (χ1v) is 25.3. The Kier molecular flexibility index (Phi) is 31.1. The van der Waals surface area contributed by atoms with Crippen molar-refractivity contribution in [2.75, 3.05) is 26.4 Å². The molecule has 0 saturated carbocycles. The molecule has 0 fully saturated rings. The molecule has 62 heavy (non-hydrogen) atoms. The predicted molar refractivity (Wildman–Crippen MR) is 264 cm³/mol. The van der Waals surface area contributed by atoms with Crippen molar-refractivity contribution >= 4 is 0 Å². The molecule has 3 atom stereocenters. The van der Waals surface area contributed by atoms with Gasteiger partial charge in [-0.25, -0.2) is 0 Å². The van der Waals surface area contributed by atoms with Crippen LogP contribution in [0.5, 0.6) is 11.5 Å². The van der Waals surface area contributed by atoms with Crippen molar-refractivity contribution in [1.29, 1.82) is 0 Å². The second-order valence-corrected chi connectivity index (χ2v) is 19.1. The van der Waals surface area contributed by atoms with E-state index in [0.29, 0.717) is 6.61 Å². The van der Waals surface area contributed by atoms with Crippen LogP contribution in [-0.4, -0.2) is 60.1 Å². The number of aliphatic hydroxyl groups excluding tert-OH is 2. The number of aliphatic hydroxyl groups is 2. The maximum Gasteiger partial charge on any atom is 0.119 e. The van der Waals surface area contributed by atoms with E-state index in [0.717, 1.165) is 24.3 Å². The maximum absolute atomic E-state index is 11.1. The summed E-state index contributed by atoms with van der Waals surface area (Å²) < 4.78 is 24.5. The zero-order valence-electron chi connectivity index (χ0n) is 41.0. The van der Waals surface area contributed by atoms with E-state index in [2.05, 4.69) is 69.3 Å². The summed E-state index contributed by atoms with van der Waals surface area (Å²) >= 11 is 0. The van der Waals surface area contributed by atoms with E-state index < -0.39 is 23.4 Å². The molecule has 0 heterocycles. The molecule has 0 bridgehead atoms. The Morgan fingerprint density at radius 2 is 0.887 bits per heavy atom. The normalized spacial score (nSPS) is 13.9. The van der Waals surface area contributed by atoms with Crippen molar-refractivity contribution in [2.45, 2.75) is 226 Å². The van der Waals surface area contributed by atoms with Gasteiger partial charge in [0.15, 0.2) is 0 Å². The number of rotatable bonds is 40. The Labute approximate surface area is 381 Å². The van der Waals surface area contributed by atoms with Crippen LogP contribution in [-0.2, 0) is 22.3 Å². The lowest BCUT2D eigenvalue weighted by atomic mass is 9.92. The Bertz CT molecular complexity index is 1410. The molecule has 0 aliphatic rings. The van der Waals surface area contributed by atoms with Crippen LogP contribution in [0.2, 0.25) is 0 Å². The van der Waals surface area contributed by atoms with Crippen LogP contribution >= 0.6 is 0 Å². The standard InChI is InChI=1S/C56H94O6/c1-8-10-12-14-16-18-20-22-24-26-28-30-32-36-49-38-34-40-52(42-49)59-45-51(57)46-62-55(4,5)48(3)44-61-56(6,7)54(58)47-60-53-41-35-39-50(43-53)37-33-31-29-27-25-23-21-19-17-15-13-11-9-2/h14-17,34-35,38-43,48,51,54,57-58H,8-13,18-33,36-37,44-47H2,1-7H3/b16-14+,17-15+. The molecule has 6 heteroatoms. The number of hydrogen-bond acceptors (Lipinski definition) is 6. The maximum atomic E-state index is 11.1. The van der Waals surface area contributed by atoms with Gasteiger partial charge in [0, 0.05) is 5.92 Å².